The molecule has 118 valence electrons. The highest BCUT2D eigenvalue weighted by Crippen LogP contribution is 2.33. The molecule has 0 saturated carbocycles. The summed E-state index contributed by atoms with van der Waals surface area (Å²) >= 11 is 6.06. The fraction of sp³-hybridized carbons (Fsp3) is 0.176. The quantitative estimate of drug-likeness (QED) is 0.906. The van der Waals surface area contributed by atoms with Gasteiger partial charge in [0.15, 0.2) is 0 Å². The molecular formula is C17H14ClFN2O2. The molecule has 0 spiro atoms. The van der Waals surface area contributed by atoms with Gasteiger partial charge in [0, 0.05) is 23.7 Å². The first-order valence-electron chi connectivity index (χ1n) is 7.15. The van der Waals surface area contributed by atoms with Crippen molar-refractivity contribution in [2.45, 2.75) is 18.9 Å². The van der Waals surface area contributed by atoms with Crippen LogP contribution in [0.4, 0.5) is 10.1 Å². The Balaban J connectivity index is 1.78. The van der Waals surface area contributed by atoms with Crippen LogP contribution in [0.1, 0.15) is 23.5 Å². The summed E-state index contributed by atoms with van der Waals surface area (Å²) in [5.41, 5.74) is 1.75. The van der Waals surface area contributed by atoms with Crippen molar-refractivity contribution in [1.29, 1.82) is 0 Å². The molecule has 1 heterocycles. The van der Waals surface area contributed by atoms with Crippen molar-refractivity contribution in [2.75, 3.05) is 5.32 Å². The standard InChI is InChI=1S/C17H14ClFN2O2/c18-14-4-2-1-3-10(14)9-20-17(23)13-8-16(22)21-15-7-11(19)5-6-12(13)15/h1-7,13H,8-9H2,(H,20,23)(H,21,22). The maximum absolute atomic E-state index is 13.3. The third-order valence-electron chi connectivity index (χ3n) is 3.78. The van der Waals surface area contributed by atoms with Crippen molar-refractivity contribution in [3.63, 3.8) is 0 Å². The molecule has 0 bridgehead atoms. The molecule has 23 heavy (non-hydrogen) atoms. The summed E-state index contributed by atoms with van der Waals surface area (Å²) in [6.45, 7) is 0.271. The predicted molar refractivity (Wildman–Crippen MR) is 85.7 cm³/mol. The van der Waals surface area contributed by atoms with Crippen LogP contribution >= 0.6 is 11.6 Å². The van der Waals surface area contributed by atoms with E-state index in [-0.39, 0.29) is 24.8 Å². The van der Waals surface area contributed by atoms with Crippen LogP contribution in [0.2, 0.25) is 5.02 Å². The van der Waals surface area contributed by atoms with Gasteiger partial charge in [-0.15, -0.1) is 0 Å². The molecule has 2 aromatic carbocycles. The van der Waals surface area contributed by atoms with Crippen molar-refractivity contribution >= 4 is 29.1 Å². The average molecular weight is 333 g/mol. The molecule has 1 aliphatic rings. The lowest BCUT2D eigenvalue weighted by Crippen LogP contribution is -2.34. The molecule has 1 atom stereocenters. The molecule has 2 amide bonds. The molecule has 1 aliphatic heterocycles. The molecule has 1 unspecified atom stereocenters. The Hall–Kier alpha value is -2.40. The first-order valence-corrected chi connectivity index (χ1v) is 7.53. The molecule has 0 saturated heterocycles. The molecule has 0 aromatic heterocycles. The number of rotatable bonds is 3. The molecule has 0 aliphatic carbocycles. The van der Waals surface area contributed by atoms with Gasteiger partial charge in [-0.25, -0.2) is 4.39 Å². The molecular weight excluding hydrogens is 319 g/mol. The van der Waals surface area contributed by atoms with E-state index < -0.39 is 11.7 Å². The van der Waals surface area contributed by atoms with E-state index in [1.165, 1.54) is 18.2 Å². The van der Waals surface area contributed by atoms with Gasteiger partial charge in [0.25, 0.3) is 0 Å². The summed E-state index contributed by atoms with van der Waals surface area (Å²) in [6.07, 6.45) is 0.0347. The Morgan fingerprint density at radius 3 is 2.87 bits per heavy atom. The second-order valence-corrected chi connectivity index (χ2v) is 5.75. The van der Waals surface area contributed by atoms with E-state index in [0.717, 1.165) is 5.56 Å². The minimum absolute atomic E-state index is 0.0347. The maximum atomic E-state index is 13.3. The van der Waals surface area contributed by atoms with Crippen LogP contribution in [-0.4, -0.2) is 11.8 Å². The molecule has 6 heteroatoms. The highest BCUT2D eigenvalue weighted by atomic mass is 35.5. The molecule has 4 nitrogen and oxygen atoms in total. The molecule has 0 radical (unpaired) electrons. The Bertz CT molecular complexity index is 779. The number of carbonyl (C=O) groups excluding carboxylic acids is 2. The van der Waals surface area contributed by atoms with Gasteiger partial charge in [0.2, 0.25) is 11.8 Å². The van der Waals surface area contributed by atoms with E-state index in [4.69, 9.17) is 11.6 Å². The summed E-state index contributed by atoms with van der Waals surface area (Å²) < 4.78 is 13.3. The number of hydrogen-bond donors (Lipinski definition) is 2. The van der Waals surface area contributed by atoms with E-state index in [1.54, 1.807) is 6.07 Å². The fourth-order valence-electron chi connectivity index (χ4n) is 2.62. The van der Waals surface area contributed by atoms with Gasteiger partial charge < -0.3 is 10.6 Å². The van der Waals surface area contributed by atoms with Gasteiger partial charge >= 0.3 is 0 Å². The number of fused-ring (bicyclic) bond motifs is 1. The van der Waals surface area contributed by atoms with Crippen LogP contribution in [0, 0.1) is 5.82 Å². The van der Waals surface area contributed by atoms with E-state index in [0.29, 0.717) is 16.3 Å². The zero-order valence-electron chi connectivity index (χ0n) is 12.1. The van der Waals surface area contributed by atoms with Crippen molar-refractivity contribution in [1.82, 2.24) is 5.32 Å². The molecule has 0 fully saturated rings. The van der Waals surface area contributed by atoms with E-state index in [1.807, 2.05) is 18.2 Å². The van der Waals surface area contributed by atoms with Gasteiger partial charge in [-0.1, -0.05) is 35.9 Å². The van der Waals surface area contributed by atoms with Gasteiger partial charge in [-0.05, 0) is 29.3 Å². The minimum Gasteiger partial charge on any atom is -0.351 e. The maximum Gasteiger partial charge on any atom is 0.228 e. The summed E-state index contributed by atoms with van der Waals surface area (Å²) in [4.78, 5) is 24.2. The molecule has 3 rings (SSSR count). The number of anilines is 1. The lowest BCUT2D eigenvalue weighted by Gasteiger charge is -2.25. The number of carbonyl (C=O) groups is 2. The first kappa shape index (κ1) is 15.5. The van der Waals surface area contributed by atoms with Gasteiger partial charge in [-0.2, -0.15) is 0 Å². The Labute approximate surface area is 137 Å². The Morgan fingerprint density at radius 1 is 1.30 bits per heavy atom. The average Bonchev–Trinajstić information content (AvgIpc) is 2.52. The van der Waals surface area contributed by atoms with Crippen LogP contribution in [0.5, 0.6) is 0 Å². The third-order valence-corrected chi connectivity index (χ3v) is 4.15. The lowest BCUT2D eigenvalue weighted by molar-refractivity contribution is -0.126. The van der Waals surface area contributed by atoms with Crippen LogP contribution in [0.15, 0.2) is 42.5 Å². The number of benzene rings is 2. The van der Waals surface area contributed by atoms with Gasteiger partial charge in [0.05, 0.1) is 5.92 Å². The summed E-state index contributed by atoms with van der Waals surface area (Å²) in [5, 5.41) is 5.94. The molecule has 2 aromatic rings. The SMILES string of the molecule is O=C1CC(C(=O)NCc2ccccc2Cl)c2ccc(F)cc2N1. The fourth-order valence-corrected chi connectivity index (χ4v) is 2.82. The molecule has 2 N–H and O–H groups in total. The second-order valence-electron chi connectivity index (χ2n) is 5.35. The van der Waals surface area contributed by atoms with E-state index in [2.05, 4.69) is 10.6 Å². The largest absolute Gasteiger partial charge is 0.351 e. The number of halogens is 2. The first-order chi connectivity index (χ1) is 11.0. The Morgan fingerprint density at radius 2 is 2.09 bits per heavy atom. The summed E-state index contributed by atoms with van der Waals surface area (Å²) in [6, 6.07) is 11.2. The predicted octanol–water partition coefficient (Wildman–Crippen LogP) is 3.22. The minimum atomic E-state index is -0.637. The number of nitrogens with one attached hydrogen (secondary N) is 2. The topological polar surface area (TPSA) is 58.2 Å². The van der Waals surface area contributed by atoms with Crippen LogP contribution in [0.25, 0.3) is 0 Å². The van der Waals surface area contributed by atoms with Crippen molar-refractivity contribution < 1.29 is 14.0 Å². The van der Waals surface area contributed by atoms with Crippen molar-refractivity contribution in [3.05, 3.63) is 64.4 Å². The third kappa shape index (κ3) is 3.35. The Kier molecular flexibility index (Phi) is 4.30. The monoisotopic (exact) mass is 332 g/mol. The second kappa shape index (κ2) is 6.38. The zero-order chi connectivity index (χ0) is 16.4. The number of amides is 2. The van der Waals surface area contributed by atoms with E-state index in [9.17, 15) is 14.0 Å². The normalized spacial score (nSPS) is 16.4. The van der Waals surface area contributed by atoms with Crippen LogP contribution in [0.3, 0.4) is 0 Å². The van der Waals surface area contributed by atoms with Crippen LogP contribution in [-0.2, 0) is 16.1 Å². The van der Waals surface area contributed by atoms with Crippen molar-refractivity contribution in [2.24, 2.45) is 0 Å². The van der Waals surface area contributed by atoms with Crippen molar-refractivity contribution in [3.8, 4) is 0 Å². The van der Waals surface area contributed by atoms with E-state index >= 15 is 0 Å². The summed E-state index contributed by atoms with van der Waals surface area (Å²) in [5.74, 6) is -1.68. The highest BCUT2D eigenvalue weighted by Gasteiger charge is 2.30. The summed E-state index contributed by atoms with van der Waals surface area (Å²) in [7, 11) is 0. The zero-order valence-corrected chi connectivity index (χ0v) is 12.9. The lowest BCUT2D eigenvalue weighted by atomic mass is 9.89. The van der Waals surface area contributed by atoms with Gasteiger partial charge in [0.1, 0.15) is 5.82 Å². The van der Waals surface area contributed by atoms with Crippen LogP contribution < -0.4 is 10.6 Å². The smallest absolute Gasteiger partial charge is 0.228 e. The van der Waals surface area contributed by atoms with Gasteiger partial charge in [-0.3, -0.25) is 9.59 Å². The number of hydrogen-bond acceptors (Lipinski definition) is 2. The highest BCUT2D eigenvalue weighted by molar-refractivity contribution is 6.31.